The number of anilines is 2. The summed E-state index contributed by atoms with van der Waals surface area (Å²) >= 11 is 0. The van der Waals surface area contributed by atoms with Crippen LogP contribution in [0.3, 0.4) is 0 Å². The van der Waals surface area contributed by atoms with Crippen LogP contribution in [0.1, 0.15) is 165 Å². The van der Waals surface area contributed by atoms with Crippen LogP contribution in [0.4, 0.5) is 55.3 Å². The molecule has 0 N–H and O–H groups in total. The maximum atomic E-state index is 15.7. The quantitative estimate of drug-likeness (QED) is 0.0625. The normalized spacial score (nSPS) is 14.4. The molecule has 408 valence electrons. The van der Waals surface area contributed by atoms with Crippen molar-refractivity contribution in [1.82, 2.24) is 0 Å². The molecule has 2 heterocycles. The van der Waals surface area contributed by atoms with Gasteiger partial charge in [0.2, 0.25) is 0 Å². The van der Waals surface area contributed by atoms with Crippen molar-refractivity contribution >= 4 is 78.1 Å². The van der Waals surface area contributed by atoms with E-state index in [1.807, 2.05) is 55.4 Å². The molecule has 0 saturated heterocycles. The van der Waals surface area contributed by atoms with Gasteiger partial charge in [-0.3, -0.25) is 19.2 Å². The Bertz CT molecular complexity index is 4100. The van der Waals surface area contributed by atoms with Crippen molar-refractivity contribution in [3.8, 4) is 22.3 Å². The summed E-state index contributed by atoms with van der Waals surface area (Å²) in [5.74, 6) is -4.54. The van der Waals surface area contributed by atoms with Crippen molar-refractivity contribution in [3.63, 3.8) is 0 Å². The van der Waals surface area contributed by atoms with Gasteiger partial charge in [-0.2, -0.15) is 39.5 Å². The summed E-state index contributed by atoms with van der Waals surface area (Å²) in [6.45, 7) is 13.5. The number of imide groups is 2. The lowest BCUT2D eigenvalue weighted by Crippen LogP contribution is -2.42. The minimum absolute atomic E-state index is 0.000802. The summed E-state index contributed by atoms with van der Waals surface area (Å²) in [5, 5.41) is -0.186. The lowest BCUT2D eigenvalue weighted by atomic mass is 9.77. The van der Waals surface area contributed by atoms with Gasteiger partial charge >= 0.3 is 18.5 Å². The molecule has 2 aliphatic rings. The van der Waals surface area contributed by atoms with Crippen molar-refractivity contribution in [3.05, 3.63) is 176 Å². The number of para-hydroxylation sites is 2. The predicted octanol–water partition coefficient (Wildman–Crippen LogP) is 18.7. The Morgan fingerprint density at radius 1 is 0.362 bits per heavy atom. The van der Waals surface area contributed by atoms with Gasteiger partial charge in [0.25, 0.3) is 23.6 Å². The maximum Gasteiger partial charge on any atom is 0.416 e. The average Bonchev–Trinajstić information content (AvgIpc) is 2.62. The monoisotopic (exact) mass is 1100 g/mol. The molecule has 2 aliphatic heterocycles. The number of carbonyl (C=O) groups is 4. The zero-order chi connectivity index (χ0) is 57.7. The van der Waals surface area contributed by atoms with E-state index in [0.29, 0.717) is 40.5 Å². The number of alkyl halides is 10. The van der Waals surface area contributed by atoms with E-state index in [1.54, 1.807) is 36.4 Å². The van der Waals surface area contributed by atoms with Crippen LogP contribution in [0, 0.1) is 0 Å². The van der Waals surface area contributed by atoms with E-state index < -0.39 is 76.6 Å². The molecule has 16 heteroatoms. The van der Waals surface area contributed by atoms with Gasteiger partial charge in [-0.1, -0.05) is 104 Å². The Hall–Kier alpha value is -8.14. The largest absolute Gasteiger partial charge is 0.416 e. The van der Waals surface area contributed by atoms with Crippen LogP contribution in [0.15, 0.2) is 109 Å². The zero-order valence-electron chi connectivity index (χ0n) is 44.2. The highest BCUT2D eigenvalue weighted by atomic mass is 19.4. The molecule has 9 aromatic carbocycles. The minimum atomic E-state index is -5.34. The number of halogens is 10. The Morgan fingerprint density at radius 3 is 1.01 bits per heavy atom. The second-order valence-electron chi connectivity index (χ2n) is 21.9. The van der Waals surface area contributed by atoms with Crippen LogP contribution < -0.4 is 9.80 Å². The lowest BCUT2D eigenvalue weighted by molar-refractivity contribution is -0.143. The van der Waals surface area contributed by atoms with Crippen molar-refractivity contribution in [2.45, 2.75) is 104 Å². The fourth-order valence-corrected chi connectivity index (χ4v) is 12.1. The molecule has 0 aromatic heterocycles. The molecule has 0 spiro atoms. The number of rotatable bonds is 9. The van der Waals surface area contributed by atoms with Gasteiger partial charge in [0, 0.05) is 33.0 Å². The number of benzene rings is 9. The maximum absolute atomic E-state index is 15.7. The van der Waals surface area contributed by atoms with E-state index in [1.165, 1.54) is 36.4 Å². The Morgan fingerprint density at radius 2 is 0.688 bits per heavy atom. The second-order valence-corrected chi connectivity index (χ2v) is 21.9. The number of amides is 4. The van der Waals surface area contributed by atoms with Gasteiger partial charge in [0.15, 0.2) is 0 Å². The Kier molecular flexibility index (Phi) is 12.4. The van der Waals surface area contributed by atoms with Crippen LogP contribution in [-0.4, -0.2) is 23.6 Å². The first-order chi connectivity index (χ1) is 37.5. The highest BCUT2D eigenvalue weighted by Gasteiger charge is 2.44. The molecule has 0 unspecified atom stereocenters. The molecule has 6 nitrogen and oxygen atoms in total. The molecular weight excluding hydrogens is 1050 g/mol. The molecule has 4 amide bonds. The van der Waals surface area contributed by atoms with Crippen molar-refractivity contribution < 1.29 is 63.1 Å². The first kappa shape index (κ1) is 53.8. The van der Waals surface area contributed by atoms with E-state index in [0.717, 1.165) is 21.9 Å². The summed E-state index contributed by atoms with van der Waals surface area (Å²) in [4.78, 5) is 64.1. The van der Waals surface area contributed by atoms with Gasteiger partial charge in [-0.05, 0) is 167 Å². The van der Waals surface area contributed by atoms with Crippen LogP contribution >= 0.6 is 0 Å². The number of carbonyl (C=O) groups excluding carboxylic acids is 4. The third-order valence-corrected chi connectivity index (χ3v) is 15.7. The van der Waals surface area contributed by atoms with Gasteiger partial charge in [-0.15, -0.1) is 0 Å². The topological polar surface area (TPSA) is 74.8 Å². The molecule has 0 atom stereocenters. The number of hydrogen-bond acceptors (Lipinski definition) is 4. The fourth-order valence-electron chi connectivity index (χ4n) is 12.1. The van der Waals surface area contributed by atoms with Crippen LogP contribution in [0.2, 0.25) is 0 Å². The lowest BCUT2D eigenvalue weighted by Gasteiger charge is -2.34. The highest BCUT2D eigenvalue weighted by Crippen LogP contribution is 2.55. The summed E-state index contributed by atoms with van der Waals surface area (Å²) in [7, 11) is 0. The summed E-state index contributed by atoms with van der Waals surface area (Å²) in [6, 6.07) is 22.2. The molecule has 0 bridgehead atoms. The van der Waals surface area contributed by atoms with Gasteiger partial charge in [0.1, 0.15) is 6.67 Å². The van der Waals surface area contributed by atoms with E-state index >= 15 is 19.2 Å². The average molecular weight is 1100 g/mol. The molecule has 9 aromatic rings. The highest BCUT2D eigenvalue weighted by molar-refractivity contribution is 6.48. The van der Waals surface area contributed by atoms with E-state index in [-0.39, 0.29) is 123 Å². The number of fused-ring (bicyclic) bond motifs is 2. The van der Waals surface area contributed by atoms with Crippen LogP contribution in [0.5, 0.6) is 0 Å². The summed E-state index contributed by atoms with van der Waals surface area (Å²) < 4.78 is 149. The standard InChI is InChI=1S/C64H48F10N2O4/c1-28(2)38-11-9-12-39(29(3)4)56(38)75-58(77)44-18-16-43-51-47(34-22-36(63(69,70)71)24-37(23-34)64(72,73)74)26-49-53-45(59(78)76(61(49)80)57-40(30(5)6)13-10-14-41(57)31(7)8)17-15-42(55(51)53)50-46(25-48(60(75)79)52(44)54(43)50)33-19-32(27-65)20-35(21-33)62(66,67)68/h9-26,28-31H,27H2,1-8H3. The number of hydrogen-bond donors (Lipinski definition) is 0. The molecule has 0 saturated carbocycles. The smallest absolute Gasteiger partial charge is 0.268 e. The van der Waals surface area contributed by atoms with E-state index in [9.17, 15) is 43.9 Å². The van der Waals surface area contributed by atoms with Crippen molar-refractivity contribution in [2.75, 3.05) is 9.80 Å². The van der Waals surface area contributed by atoms with Gasteiger partial charge in [-0.25, -0.2) is 14.2 Å². The molecular formula is C64H48F10N2O4. The first-order valence-electron chi connectivity index (χ1n) is 25.9. The van der Waals surface area contributed by atoms with Gasteiger partial charge in [0.05, 0.1) is 28.1 Å². The predicted molar refractivity (Wildman–Crippen MR) is 290 cm³/mol. The Balaban J connectivity index is 1.37. The van der Waals surface area contributed by atoms with E-state index in [4.69, 9.17) is 0 Å². The zero-order valence-corrected chi connectivity index (χ0v) is 44.2. The molecule has 80 heavy (non-hydrogen) atoms. The Labute approximate surface area is 451 Å². The van der Waals surface area contributed by atoms with E-state index in [2.05, 4.69) is 0 Å². The van der Waals surface area contributed by atoms with Crippen LogP contribution in [0.25, 0.3) is 65.3 Å². The van der Waals surface area contributed by atoms with Gasteiger partial charge < -0.3 is 0 Å². The second kappa shape index (κ2) is 18.5. The minimum Gasteiger partial charge on any atom is -0.268 e. The summed E-state index contributed by atoms with van der Waals surface area (Å²) in [6.07, 6.45) is -15.7. The third-order valence-electron chi connectivity index (χ3n) is 15.7. The SMILES string of the molecule is CC(C)c1cccc(C(C)C)c1N1C(=O)c2ccc3c4c(-c5cc(C(F)(F)F)cc(C(F)(F)F)c5)cc5c6c(ccc(c7c(-c8cc(CF)cc(C(F)(F)F)c8)cc(c2c37)C1=O)c64)C(=O)N(c1c(C(C)C)cccc1C(C)C)C5=O. The van der Waals surface area contributed by atoms with Crippen molar-refractivity contribution in [2.24, 2.45) is 0 Å². The molecule has 0 radical (unpaired) electrons. The first-order valence-corrected chi connectivity index (χ1v) is 25.9. The van der Waals surface area contributed by atoms with Crippen molar-refractivity contribution in [1.29, 1.82) is 0 Å². The molecule has 11 rings (SSSR count). The number of nitrogens with zero attached hydrogens (tertiary/aromatic N) is 2. The molecule has 0 aliphatic carbocycles. The van der Waals surface area contributed by atoms with Crippen LogP contribution in [-0.2, 0) is 25.2 Å². The molecule has 0 fully saturated rings. The summed E-state index contributed by atoms with van der Waals surface area (Å²) in [5.41, 5.74) is -4.14. The fraction of sp³-hybridized carbons (Fsp3) is 0.250. The third kappa shape index (κ3) is 8.13.